The van der Waals surface area contributed by atoms with E-state index >= 15 is 0 Å². The first-order valence-electron chi connectivity index (χ1n) is 5.99. The first-order valence-corrected chi connectivity index (χ1v) is 5.99. The molecule has 1 fully saturated rings. The van der Waals surface area contributed by atoms with Gasteiger partial charge in [-0.15, -0.1) is 0 Å². The second kappa shape index (κ2) is 6.95. The monoisotopic (exact) mass is 258 g/mol. The Labute approximate surface area is 105 Å². The summed E-state index contributed by atoms with van der Waals surface area (Å²) in [7, 11) is 0. The van der Waals surface area contributed by atoms with Crippen LogP contribution < -0.4 is 10.6 Å². The van der Waals surface area contributed by atoms with Crippen molar-refractivity contribution >= 4 is 17.8 Å². The highest BCUT2D eigenvalue weighted by atomic mass is 16.4. The zero-order valence-electron chi connectivity index (χ0n) is 10.0. The van der Waals surface area contributed by atoms with Crippen LogP contribution in [0.2, 0.25) is 0 Å². The van der Waals surface area contributed by atoms with Gasteiger partial charge in [-0.25, -0.2) is 4.79 Å². The molecule has 0 bridgehead atoms. The normalized spacial score (nSPS) is 21.0. The van der Waals surface area contributed by atoms with Crippen molar-refractivity contribution in [2.45, 2.75) is 44.2 Å². The minimum absolute atomic E-state index is 0.108. The molecule has 0 aliphatic carbocycles. The molecule has 1 amide bonds. The lowest BCUT2D eigenvalue weighted by molar-refractivity contribution is -0.143. The Balaban J connectivity index is 2.46. The molecule has 0 aromatic rings. The maximum Gasteiger partial charge on any atom is 0.326 e. The number of carbonyl (C=O) groups excluding carboxylic acids is 1. The summed E-state index contributed by atoms with van der Waals surface area (Å²) in [6, 6.07) is -1.51. The highest BCUT2D eigenvalue weighted by Gasteiger charge is 2.26. The summed E-state index contributed by atoms with van der Waals surface area (Å²) in [6.07, 6.45) is 2.22. The van der Waals surface area contributed by atoms with E-state index in [0.29, 0.717) is 6.42 Å². The molecule has 0 saturated carbocycles. The number of aliphatic carboxylic acids is 2. The van der Waals surface area contributed by atoms with E-state index in [1.165, 1.54) is 0 Å². The number of amides is 1. The molecule has 1 saturated heterocycles. The highest BCUT2D eigenvalue weighted by molar-refractivity contribution is 5.87. The van der Waals surface area contributed by atoms with Gasteiger partial charge in [-0.2, -0.15) is 0 Å². The van der Waals surface area contributed by atoms with Gasteiger partial charge in [-0.1, -0.05) is 6.42 Å². The maximum absolute atomic E-state index is 11.8. The van der Waals surface area contributed by atoms with Crippen LogP contribution in [0.3, 0.4) is 0 Å². The Morgan fingerprint density at radius 3 is 2.50 bits per heavy atom. The number of nitrogens with one attached hydrogen (secondary N) is 2. The molecule has 1 unspecified atom stereocenters. The Morgan fingerprint density at radius 2 is 2.00 bits per heavy atom. The van der Waals surface area contributed by atoms with E-state index in [2.05, 4.69) is 10.6 Å². The van der Waals surface area contributed by atoms with Gasteiger partial charge < -0.3 is 20.8 Å². The molecule has 0 radical (unpaired) electrons. The lowest BCUT2D eigenvalue weighted by Gasteiger charge is -2.24. The lowest BCUT2D eigenvalue weighted by Crippen LogP contribution is -2.51. The van der Waals surface area contributed by atoms with Gasteiger partial charge in [-0.05, 0) is 25.8 Å². The van der Waals surface area contributed by atoms with Crippen molar-refractivity contribution in [1.82, 2.24) is 10.6 Å². The molecule has 7 nitrogen and oxygen atoms in total. The van der Waals surface area contributed by atoms with Crippen LogP contribution in [0.4, 0.5) is 0 Å². The first-order chi connectivity index (χ1) is 8.50. The standard InChI is InChI=1S/C11H18N2O5/c14-9(15)5-4-8(11(17)18)13-10(16)7-3-1-2-6-12-7/h7-8,12H,1-6H2,(H,13,16)(H,14,15)(H,17,18)/t7-,8?/m0/s1. The predicted molar refractivity (Wildman–Crippen MR) is 62.1 cm³/mol. The SMILES string of the molecule is O=C(O)CCC(NC(=O)[C@@H]1CCCCN1)C(=O)O. The summed E-state index contributed by atoms with van der Waals surface area (Å²) in [5.41, 5.74) is 0. The molecule has 1 rings (SSSR count). The van der Waals surface area contributed by atoms with Gasteiger partial charge in [0.05, 0.1) is 6.04 Å². The number of carboxylic acids is 2. The van der Waals surface area contributed by atoms with Gasteiger partial charge in [0.15, 0.2) is 0 Å². The zero-order valence-corrected chi connectivity index (χ0v) is 10.0. The van der Waals surface area contributed by atoms with E-state index in [0.717, 1.165) is 19.4 Å². The van der Waals surface area contributed by atoms with Crippen LogP contribution in [0.5, 0.6) is 0 Å². The topological polar surface area (TPSA) is 116 Å². The maximum atomic E-state index is 11.8. The van der Waals surface area contributed by atoms with Crippen molar-refractivity contribution in [3.05, 3.63) is 0 Å². The van der Waals surface area contributed by atoms with Gasteiger partial charge in [0, 0.05) is 6.42 Å². The number of hydrogen-bond acceptors (Lipinski definition) is 4. The highest BCUT2D eigenvalue weighted by Crippen LogP contribution is 2.08. The van der Waals surface area contributed by atoms with Crippen molar-refractivity contribution in [2.75, 3.05) is 6.54 Å². The number of rotatable bonds is 6. The van der Waals surface area contributed by atoms with E-state index < -0.39 is 18.0 Å². The first kappa shape index (κ1) is 14.4. The molecule has 1 aliphatic heterocycles. The number of carboxylic acid groups (broad SMARTS) is 2. The molecule has 7 heteroatoms. The molecule has 1 aliphatic rings. The third-order valence-electron chi connectivity index (χ3n) is 2.89. The summed E-state index contributed by atoms with van der Waals surface area (Å²) in [5, 5.41) is 22.8. The quantitative estimate of drug-likeness (QED) is 0.513. The zero-order chi connectivity index (χ0) is 13.5. The van der Waals surface area contributed by atoms with Crippen LogP contribution in [0.1, 0.15) is 32.1 Å². The van der Waals surface area contributed by atoms with Crippen molar-refractivity contribution < 1.29 is 24.6 Å². The molecule has 0 aromatic heterocycles. The van der Waals surface area contributed by atoms with Crippen LogP contribution in [0.15, 0.2) is 0 Å². The minimum Gasteiger partial charge on any atom is -0.481 e. The van der Waals surface area contributed by atoms with E-state index in [-0.39, 0.29) is 24.8 Å². The van der Waals surface area contributed by atoms with Gasteiger partial charge in [0.2, 0.25) is 5.91 Å². The molecule has 18 heavy (non-hydrogen) atoms. The summed E-state index contributed by atoms with van der Waals surface area (Å²) in [4.78, 5) is 33.1. The van der Waals surface area contributed by atoms with E-state index in [1.807, 2.05) is 0 Å². The average molecular weight is 258 g/mol. The smallest absolute Gasteiger partial charge is 0.326 e. The lowest BCUT2D eigenvalue weighted by atomic mass is 10.0. The molecular formula is C11H18N2O5. The van der Waals surface area contributed by atoms with Crippen molar-refractivity contribution in [1.29, 1.82) is 0 Å². The Bertz CT molecular complexity index is 325. The Hall–Kier alpha value is -1.63. The van der Waals surface area contributed by atoms with E-state index in [9.17, 15) is 14.4 Å². The van der Waals surface area contributed by atoms with Gasteiger partial charge in [0.25, 0.3) is 0 Å². The molecule has 4 N–H and O–H groups in total. The molecule has 102 valence electrons. The van der Waals surface area contributed by atoms with E-state index in [4.69, 9.17) is 10.2 Å². The predicted octanol–water partition coefficient (Wildman–Crippen LogP) is -0.437. The fourth-order valence-corrected chi connectivity index (χ4v) is 1.87. The van der Waals surface area contributed by atoms with Crippen LogP contribution in [-0.4, -0.2) is 46.7 Å². The fraction of sp³-hybridized carbons (Fsp3) is 0.727. The van der Waals surface area contributed by atoms with Crippen molar-refractivity contribution in [2.24, 2.45) is 0 Å². The summed E-state index contributed by atoms with van der Waals surface area (Å²) in [5.74, 6) is -2.65. The van der Waals surface area contributed by atoms with Crippen LogP contribution in [0, 0.1) is 0 Å². The molecule has 2 atom stereocenters. The third kappa shape index (κ3) is 4.70. The second-order valence-electron chi connectivity index (χ2n) is 4.33. The number of piperidine rings is 1. The van der Waals surface area contributed by atoms with Crippen molar-refractivity contribution in [3.63, 3.8) is 0 Å². The summed E-state index contributed by atoms with van der Waals surface area (Å²) < 4.78 is 0. The Kier molecular flexibility index (Phi) is 5.57. The van der Waals surface area contributed by atoms with Crippen LogP contribution in [-0.2, 0) is 14.4 Å². The molecule has 1 heterocycles. The van der Waals surface area contributed by atoms with Crippen LogP contribution >= 0.6 is 0 Å². The number of hydrogen-bond donors (Lipinski definition) is 4. The second-order valence-corrected chi connectivity index (χ2v) is 4.33. The van der Waals surface area contributed by atoms with Crippen LogP contribution in [0.25, 0.3) is 0 Å². The van der Waals surface area contributed by atoms with E-state index in [1.54, 1.807) is 0 Å². The van der Waals surface area contributed by atoms with Gasteiger partial charge >= 0.3 is 11.9 Å². The molecule has 0 aromatic carbocycles. The fourth-order valence-electron chi connectivity index (χ4n) is 1.87. The summed E-state index contributed by atoms with van der Waals surface area (Å²) >= 11 is 0. The summed E-state index contributed by atoms with van der Waals surface area (Å²) in [6.45, 7) is 0.741. The van der Waals surface area contributed by atoms with Gasteiger partial charge in [-0.3, -0.25) is 9.59 Å². The Morgan fingerprint density at radius 1 is 1.28 bits per heavy atom. The average Bonchev–Trinajstić information content (AvgIpc) is 2.34. The van der Waals surface area contributed by atoms with Gasteiger partial charge in [0.1, 0.15) is 6.04 Å². The molecular weight excluding hydrogens is 240 g/mol. The number of carbonyl (C=O) groups is 3. The third-order valence-corrected chi connectivity index (χ3v) is 2.89. The largest absolute Gasteiger partial charge is 0.481 e. The minimum atomic E-state index is -1.21. The van der Waals surface area contributed by atoms with Crippen molar-refractivity contribution in [3.8, 4) is 0 Å². The molecule has 0 spiro atoms.